The van der Waals surface area contributed by atoms with E-state index in [0.717, 1.165) is 37.8 Å². The Morgan fingerprint density at radius 2 is 2.05 bits per heavy atom. The van der Waals surface area contributed by atoms with Crippen LogP contribution in [0.2, 0.25) is 0 Å². The van der Waals surface area contributed by atoms with Gasteiger partial charge in [-0.1, -0.05) is 6.08 Å². The van der Waals surface area contributed by atoms with Crippen LogP contribution >= 0.6 is 0 Å². The van der Waals surface area contributed by atoms with Crippen LogP contribution < -0.4 is 0 Å². The van der Waals surface area contributed by atoms with Crippen LogP contribution in [0.15, 0.2) is 11.8 Å². The second-order valence-corrected chi connectivity index (χ2v) is 5.61. The number of aliphatic carboxylic acids is 1. The van der Waals surface area contributed by atoms with Gasteiger partial charge in [-0.2, -0.15) is 0 Å². The first-order valence-electron chi connectivity index (χ1n) is 7.57. The van der Waals surface area contributed by atoms with E-state index < -0.39 is 5.97 Å². The van der Waals surface area contributed by atoms with Gasteiger partial charge in [0.05, 0.1) is 13.1 Å². The van der Waals surface area contributed by atoms with Crippen LogP contribution in [0.1, 0.15) is 45.4 Å². The number of allylic oxidation sites excluding steroid dienone is 2. The Balaban J connectivity index is 1.96. The highest BCUT2D eigenvalue weighted by Crippen LogP contribution is 2.27. The monoisotopic (exact) mass is 280 g/mol. The maximum atomic E-state index is 12.4. The average Bonchev–Trinajstić information content (AvgIpc) is 3.24. The lowest BCUT2D eigenvalue weighted by molar-refractivity contribution is -0.139. The molecule has 0 spiro atoms. The van der Waals surface area contributed by atoms with Gasteiger partial charge in [0.1, 0.15) is 0 Å². The van der Waals surface area contributed by atoms with Crippen LogP contribution in [-0.4, -0.2) is 52.5 Å². The number of nitrogens with zero attached hydrogens (tertiary/aromatic N) is 2. The predicted octanol–water partition coefficient (Wildman–Crippen LogP) is 1.84. The van der Waals surface area contributed by atoms with E-state index in [1.54, 1.807) is 4.90 Å². The first-order valence-corrected chi connectivity index (χ1v) is 7.57. The van der Waals surface area contributed by atoms with E-state index in [1.165, 1.54) is 6.42 Å². The normalized spacial score (nSPS) is 18.8. The molecule has 0 aliphatic heterocycles. The molecule has 0 aromatic rings. The highest BCUT2D eigenvalue weighted by Gasteiger charge is 2.32. The number of hydrogen-bond donors (Lipinski definition) is 1. The summed E-state index contributed by atoms with van der Waals surface area (Å²) in [6.07, 6.45) is 8.51. The topological polar surface area (TPSA) is 60.9 Å². The molecular formula is C15H24N2O3. The van der Waals surface area contributed by atoms with Crippen molar-refractivity contribution < 1.29 is 14.7 Å². The lowest BCUT2D eigenvalue weighted by Gasteiger charge is -2.29. The number of carboxylic acid groups (broad SMARTS) is 1. The quantitative estimate of drug-likeness (QED) is 0.773. The molecule has 0 atom stereocenters. The van der Waals surface area contributed by atoms with E-state index in [9.17, 15) is 9.59 Å². The molecule has 0 aromatic heterocycles. The highest BCUT2D eigenvalue weighted by molar-refractivity contribution is 5.81. The number of carbonyl (C=O) groups excluding carboxylic acids is 1. The van der Waals surface area contributed by atoms with Crippen LogP contribution in [0.25, 0.3) is 0 Å². The molecule has 2 aliphatic rings. The van der Waals surface area contributed by atoms with Crippen LogP contribution in [-0.2, 0) is 9.59 Å². The SMILES string of the molecule is CCN(C(=O)CN(CC(=O)O)C1CC1)C1=CCCCC1. The summed E-state index contributed by atoms with van der Waals surface area (Å²) in [6, 6.07) is 0.286. The highest BCUT2D eigenvalue weighted by atomic mass is 16.4. The number of rotatable bonds is 7. The zero-order valence-corrected chi connectivity index (χ0v) is 12.2. The second kappa shape index (κ2) is 6.88. The summed E-state index contributed by atoms with van der Waals surface area (Å²) in [5.41, 5.74) is 1.12. The molecule has 5 nitrogen and oxygen atoms in total. The second-order valence-electron chi connectivity index (χ2n) is 5.61. The van der Waals surface area contributed by atoms with Crippen molar-refractivity contribution in [2.24, 2.45) is 0 Å². The fourth-order valence-electron chi connectivity index (χ4n) is 2.79. The van der Waals surface area contributed by atoms with Crippen molar-refractivity contribution in [3.63, 3.8) is 0 Å². The van der Waals surface area contributed by atoms with Gasteiger partial charge in [0.25, 0.3) is 0 Å². The molecule has 0 bridgehead atoms. The molecule has 5 heteroatoms. The van der Waals surface area contributed by atoms with Gasteiger partial charge in [-0.3, -0.25) is 14.5 Å². The molecule has 2 aliphatic carbocycles. The summed E-state index contributed by atoms with van der Waals surface area (Å²) in [7, 11) is 0. The molecule has 0 unspecified atom stereocenters. The van der Waals surface area contributed by atoms with Crippen molar-refractivity contribution in [2.75, 3.05) is 19.6 Å². The summed E-state index contributed by atoms with van der Waals surface area (Å²) in [6.45, 7) is 2.83. The largest absolute Gasteiger partial charge is 0.480 e. The smallest absolute Gasteiger partial charge is 0.317 e. The third-order valence-corrected chi connectivity index (χ3v) is 3.97. The van der Waals surface area contributed by atoms with Crippen molar-refractivity contribution in [1.29, 1.82) is 0 Å². The molecular weight excluding hydrogens is 256 g/mol. The minimum absolute atomic E-state index is 0.0347. The van der Waals surface area contributed by atoms with E-state index in [4.69, 9.17) is 5.11 Å². The van der Waals surface area contributed by atoms with Crippen LogP contribution in [0.5, 0.6) is 0 Å². The van der Waals surface area contributed by atoms with Crippen molar-refractivity contribution in [3.8, 4) is 0 Å². The molecule has 1 N–H and O–H groups in total. The molecule has 0 aromatic carbocycles. The number of likely N-dealkylation sites (N-methyl/N-ethyl adjacent to an activating group) is 1. The summed E-state index contributed by atoms with van der Waals surface area (Å²) >= 11 is 0. The maximum Gasteiger partial charge on any atom is 0.317 e. The van der Waals surface area contributed by atoms with E-state index in [0.29, 0.717) is 6.54 Å². The lowest BCUT2D eigenvalue weighted by atomic mass is 10.0. The Kier molecular flexibility index (Phi) is 5.17. The Morgan fingerprint density at radius 3 is 2.55 bits per heavy atom. The number of amides is 1. The zero-order valence-electron chi connectivity index (χ0n) is 12.2. The number of carbonyl (C=O) groups is 2. The van der Waals surface area contributed by atoms with Gasteiger partial charge in [-0.25, -0.2) is 0 Å². The van der Waals surface area contributed by atoms with Crippen LogP contribution in [0.3, 0.4) is 0 Å². The van der Waals surface area contributed by atoms with Gasteiger partial charge in [-0.05, 0) is 45.4 Å². The summed E-state index contributed by atoms with van der Waals surface area (Å²) in [5, 5.41) is 8.94. The number of hydrogen-bond acceptors (Lipinski definition) is 3. The van der Waals surface area contributed by atoms with Crippen molar-refractivity contribution in [2.45, 2.75) is 51.5 Å². The first kappa shape index (κ1) is 15.0. The molecule has 2 rings (SSSR count). The lowest BCUT2D eigenvalue weighted by Crippen LogP contribution is -2.43. The predicted molar refractivity (Wildman–Crippen MR) is 76.2 cm³/mol. The molecule has 1 amide bonds. The molecule has 1 saturated carbocycles. The van der Waals surface area contributed by atoms with E-state index in [1.807, 2.05) is 11.8 Å². The van der Waals surface area contributed by atoms with E-state index >= 15 is 0 Å². The van der Waals surface area contributed by atoms with Gasteiger partial charge in [-0.15, -0.1) is 0 Å². The van der Waals surface area contributed by atoms with Gasteiger partial charge in [0, 0.05) is 18.3 Å². The Labute approximate surface area is 120 Å². The standard InChI is InChI=1S/C15H24N2O3/c1-2-17(13-6-4-3-5-7-13)14(18)10-16(11-15(19)20)12-8-9-12/h6,12H,2-5,7-11H2,1H3,(H,19,20). The van der Waals surface area contributed by atoms with Gasteiger partial charge in [0.2, 0.25) is 5.91 Å². The van der Waals surface area contributed by atoms with E-state index in [2.05, 4.69) is 6.08 Å². The third kappa shape index (κ3) is 4.07. The fourth-order valence-corrected chi connectivity index (χ4v) is 2.79. The van der Waals surface area contributed by atoms with E-state index in [-0.39, 0.29) is 25.0 Å². The molecule has 0 radical (unpaired) electrons. The van der Waals surface area contributed by atoms with Gasteiger partial charge >= 0.3 is 5.97 Å². The Morgan fingerprint density at radius 1 is 1.30 bits per heavy atom. The molecule has 1 fully saturated rings. The molecule has 0 heterocycles. The zero-order chi connectivity index (χ0) is 14.5. The minimum atomic E-state index is -0.857. The molecule has 20 heavy (non-hydrogen) atoms. The summed E-state index contributed by atoms with van der Waals surface area (Å²) in [5.74, 6) is -0.821. The molecule has 112 valence electrons. The van der Waals surface area contributed by atoms with Crippen molar-refractivity contribution >= 4 is 11.9 Å². The third-order valence-electron chi connectivity index (χ3n) is 3.97. The van der Waals surface area contributed by atoms with Crippen LogP contribution in [0, 0.1) is 0 Å². The van der Waals surface area contributed by atoms with Gasteiger partial charge < -0.3 is 10.0 Å². The molecule has 0 saturated heterocycles. The first-order chi connectivity index (χ1) is 9.61. The van der Waals surface area contributed by atoms with Gasteiger partial charge in [0.15, 0.2) is 0 Å². The summed E-state index contributed by atoms with van der Waals surface area (Å²) in [4.78, 5) is 27.0. The Bertz CT molecular complexity index is 402. The van der Waals surface area contributed by atoms with Crippen LogP contribution in [0.4, 0.5) is 0 Å². The average molecular weight is 280 g/mol. The minimum Gasteiger partial charge on any atom is -0.480 e. The fraction of sp³-hybridized carbons (Fsp3) is 0.733. The van der Waals surface area contributed by atoms with Crippen molar-refractivity contribution in [1.82, 2.24) is 9.80 Å². The number of carboxylic acids is 1. The van der Waals surface area contributed by atoms with Crippen molar-refractivity contribution in [3.05, 3.63) is 11.8 Å². The maximum absolute atomic E-state index is 12.4. The summed E-state index contributed by atoms with van der Waals surface area (Å²) < 4.78 is 0. The Hall–Kier alpha value is -1.36.